The monoisotopic (exact) mass is 616 g/mol. The molecule has 10 nitrogen and oxygen atoms in total. The van der Waals surface area contributed by atoms with Gasteiger partial charge in [-0.25, -0.2) is 16.8 Å². The lowest BCUT2D eigenvalue weighted by molar-refractivity contribution is -0.148. The number of nitrogens with one attached hydrogen (secondary N) is 1. The van der Waals surface area contributed by atoms with Crippen LogP contribution in [0.4, 0.5) is 5.69 Å². The van der Waals surface area contributed by atoms with Crippen LogP contribution in [0.3, 0.4) is 0 Å². The summed E-state index contributed by atoms with van der Waals surface area (Å²) in [6.45, 7) is 7.03. The molecule has 3 rings (SSSR count). The van der Waals surface area contributed by atoms with Crippen molar-refractivity contribution in [1.82, 2.24) is 4.90 Å². The fourth-order valence-electron chi connectivity index (χ4n) is 4.12. The van der Waals surface area contributed by atoms with E-state index in [0.29, 0.717) is 5.56 Å². The molecule has 0 bridgehead atoms. The summed E-state index contributed by atoms with van der Waals surface area (Å²) >= 11 is 0. The third-order valence-corrected chi connectivity index (χ3v) is 9.26. The van der Waals surface area contributed by atoms with Crippen molar-refractivity contribution in [1.29, 1.82) is 0 Å². The van der Waals surface area contributed by atoms with Gasteiger partial charge in [-0.1, -0.05) is 47.5 Å². The summed E-state index contributed by atoms with van der Waals surface area (Å²) in [6, 6.07) is 17.3. The van der Waals surface area contributed by atoms with Gasteiger partial charge in [0, 0.05) is 6.54 Å². The average Bonchev–Trinajstić information content (AvgIpc) is 2.90. The van der Waals surface area contributed by atoms with Gasteiger partial charge in [-0.15, -0.1) is 0 Å². The Bertz CT molecular complexity index is 1580. The maximum absolute atomic E-state index is 13.4. The smallest absolute Gasteiger partial charge is 0.320 e. The Kier molecular flexibility index (Phi) is 11.3. The molecule has 0 unspecified atom stereocenters. The number of carbonyl (C=O) groups excluding carboxylic acids is 2. The van der Waals surface area contributed by atoms with Crippen LogP contribution in [-0.4, -0.2) is 60.0 Å². The summed E-state index contributed by atoms with van der Waals surface area (Å²) in [6.07, 6.45) is 0. The first-order valence-corrected chi connectivity index (χ1v) is 16.5. The second-order valence-electron chi connectivity index (χ2n) is 9.74. The van der Waals surface area contributed by atoms with Gasteiger partial charge in [-0.3, -0.25) is 19.2 Å². The first-order valence-electron chi connectivity index (χ1n) is 13.4. The molecule has 0 fully saturated rings. The second-order valence-corrected chi connectivity index (χ2v) is 13.4. The van der Waals surface area contributed by atoms with Crippen LogP contribution >= 0.6 is 0 Å². The van der Waals surface area contributed by atoms with E-state index in [1.807, 2.05) is 13.8 Å². The average molecular weight is 617 g/mol. The Morgan fingerprint density at radius 2 is 1.24 bits per heavy atom. The minimum atomic E-state index is -4.04. The summed E-state index contributed by atoms with van der Waals surface area (Å²) < 4.78 is 65.8. The molecular weight excluding hydrogens is 580 g/mol. The molecule has 0 radical (unpaired) electrons. The van der Waals surface area contributed by atoms with Crippen LogP contribution in [0.25, 0.3) is 0 Å². The molecule has 3 aromatic rings. The van der Waals surface area contributed by atoms with Gasteiger partial charge in [0.05, 0.1) is 47.5 Å². The molecule has 0 saturated heterocycles. The Morgan fingerprint density at radius 1 is 0.738 bits per heavy atom. The predicted octanol–water partition coefficient (Wildman–Crippen LogP) is 4.01. The van der Waals surface area contributed by atoms with Gasteiger partial charge in [0.25, 0.3) is 10.0 Å². The normalized spacial score (nSPS) is 11.7. The van der Waals surface area contributed by atoms with E-state index in [2.05, 4.69) is 4.72 Å². The Hall–Kier alpha value is -3.74. The highest BCUT2D eigenvalue weighted by Gasteiger charge is 2.23. The van der Waals surface area contributed by atoms with Gasteiger partial charge in [-0.05, 0) is 69.2 Å². The van der Waals surface area contributed by atoms with E-state index in [1.54, 1.807) is 50.2 Å². The van der Waals surface area contributed by atoms with Crippen LogP contribution in [-0.2, 0) is 51.2 Å². The molecule has 0 atom stereocenters. The van der Waals surface area contributed by atoms with Gasteiger partial charge in [-0.2, -0.15) is 0 Å². The molecule has 0 aromatic heterocycles. The molecule has 42 heavy (non-hydrogen) atoms. The predicted molar refractivity (Wildman–Crippen MR) is 159 cm³/mol. The summed E-state index contributed by atoms with van der Waals surface area (Å²) in [4.78, 5) is 26.1. The first kappa shape index (κ1) is 32.8. The number of rotatable bonds is 14. The Labute approximate surface area is 247 Å². The number of ether oxygens (including phenoxy) is 2. The lowest BCUT2D eigenvalue weighted by atomic mass is 10.1. The number of hydrogen-bond acceptors (Lipinski definition) is 9. The summed E-state index contributed by atoms with van der Waals surface area (Å²) in [5.74, 6) is -1.57. The van der Waals surface area contributed by atoms with Crippen molar-refractivity contribution < 1.29 is 35.9 Å². The topological polar surface area (TPSA) is 136 Å². The number of sulfone groups is 1. The maximum Gasteiger partial charge on any atom is 0.320 e. The number of sulfonamides is 1. The molecule has 226 valence electrons. The fraction of sp³-hybridized carbons (Fsp3) is 0.333. The van der Waals surface area contributed by atoms with Crippen LogP contribution in [0.15, 0.2) is 76.5 Å². The largest absolute Gasteiger partial charge is 0.465 e. The molecule has 0 heterocycles. The van der Waals surface area contributed by atoms with Crippen molar-refractivity contribution in [3.05, 3.63) is 89.0 Å². The van der Waals surface area contributed by atoms with Crippen LogP contribution in [0.2, 0.25) is 0 Å². The summed E-state index contributed by atoms with van der Waals surface area (Å²) in [5.41, 5.74) is 2.63. The number of aryl methyl sites for hydroxylation is 2. The summed E-state index contributed by atoms with van der Waals surface area (Å²) in [7, 11) is -7.91. The number of benzene rings is 3. The zero-order chi connectivity index (χ0) is 30.9. The molecule has 0 aliphatic heterocycles. The van der Waals surface area contributed by atoms with Gasteiger partial charge < -0.3 is 9.47 Å². The standard InChI is InChI=1S/C30H36N2O8S2/c1-5-39-29(33)19-32(20-30(34)40-6-2)18-24-11-16-28(31-42(37,38)27-14-9-23(4)10-15-27)25(17-24)21-41(35,36)26-12-7-22(3)8-13-26/h7-17,31H,5-6,18-21H2,1-4H3. The number of nitrogens with zero attached hydrogens (tertiary/aromatic N) is 1. The summed E-state index contributed by atoms with van der Waals surface area (Å²) in [5, 5.41) is 0. The minimum Gasteiger partial charge on any atom is -0.465 e. The van der Waals surface area contributed by atoms with E-state index in [4.69, 9.17) is 9.47 Å². The lowest BCUT2D eigenvalue weighted by Gasteiger charge is -2.21. The van der Waals surface area contributed by atoms with Crippen molar-refractivity contribution in [2.45, 2.75) is 49.8 Å². The van der Waals surface area contributed by atoms with Crippen molar-refractivity contribution in [2.24, 2.45) is 0 Å². The van der Waals surface area contributed by atoms with Crippen molar-refractivity contribution in [2.75, 3.05) is 31.0 Å². The number of anilines is 1. The third kappa shape index (κ3) is 9.40. The Morgan fingerprint density at radius 3 is 1.74 bits per heavy atom. The van der Waals surface area contributed by atoms with Crippen LogP contribution in [0.1, 0.15) is 36.1 Å². The molecule has 3 aromatic carbocycles. The van der Waals surface area contributed by atoms with Gasteiger partial charge in [0.1, 0.15) is 0 Å². The molecule has 0 saturated carbocycles. The fourth-order valence-corrected chi connectivity index (χ4v) is 6.59. The van der Waals surface area contributed by atoms with Gasteiger partial charge in [0.2, 0.25) is 0 Å². The zero-order valence-corrected chi connectivity index (χ0v) is 25.8. The molecule has 12 heteroatoms. The van der Waals surface area contributed by atoms with Crippen LogP contribution < -0.4 is 4.72 Å². The maximum atomic E-state index is 13.4. The van der Waals surface area contributed by atoms with E-state index < -0.39 is 37.6 Å². The molecular formula is C30H36N2O8S2. The number of carbonyl (C=O) groups is 2. The second kappa shape index (κ2) is 14.4. The van der Waals surface area contributed by atoms with Crippen LogP contribution in [0.5, 0.6) is 0 Å². The van der Waals surface area contributed by atoms with E-state index in [9.17, 15) is 26.4 Å². The molecule has 1 N–H and O–H groups in total. The van der Waals surface area contributed by atoms with E-state index in [0.717, 1.165) is 11.1 Å². The molecule has 0 spiro atoms. The van der Waals surface area contributed by atoms with Gasteiger partial charge in [0.15, 0.2) is 9.84 Å². The van der Waals surface area contributed by atoms with E-state index >= 15 is 0 Å². The zero-order valence-electron chi connectivity index (χ0n) is 24.1. The van der Waals surface area contributed by atoms with Crippen LogP contribution in [0, 0.1) is 13.8 Å². The molecule has 0 amide bonds. The quantitative estimate of drug-likeness (QED) is 0.267. The Balaban J connectivity index is 2.00. The van der Waals surface area contributed by atoms with E-state index in [-0.39, 0.29) is 53.9 Å². The minimum absolute atomic E-state index is 0.0274. The van der Waals surface area contributed by atoms with Crippen molar-refractivity contribution in [3.8, 4) is 0 Å². The van der Waals surface area contributed by atoms with Gasteiger partial charge >= 0.3 is 11.9 Å². The SMILES string of the molecule is CCOC(=O)CN(CC(=O)OCC)Cc1ccc(NS(=O)(=O)c2ccc(C)cc2)c(CS(=O)(=O)c2ccc(C)cc2)c1. The first-order chi connectivity index (χ1) is 19.8. The molecule has 0 aliphatic rings. The highest BCUT2D eigenvalue weighted by molar-refractivity contribution is 7.92. The lowest BCUT2D eigenvalue weighted by Crippen LogP contribution is -2.35. The third-order valence-electron chi connectivity index (χ3n) is 6.19. The highest BCUT2D eigenvalue weighted by atomic mass is 32.2. The molecule has 0 aliphatic carbocycles. The number of esters is 2. The van der Waals surface area contributed by atoms with Crippen molar-refractivity contribution >= 4 is 37.5 Å². The van der Waals surface area contributed by atoms with E-state index in [1.165, 1.54) is 35.2 Å². The number of hydrogen-bond donors (Lipinski definition) is 1. The van der Waals surface area contributed by atoms with Crippen molar-refractivity contribution in [3.63, 3.8) is 0 Å². The highest BCUT2D eigenvalue weighted by Crippen LogP contribution is 2.27.